The second-order valence-electron chi connectivity index (χ2n) is 9.41. The Kier molecular flexibility index (Phi) is 10.0. The Morgan fingerprint density at radius 2 is 1.25 bits per heavy atom. The van der Waals surface area contributed by atoms with Crippen LogP contribution in [0.3, 0.4) is 0 Å². The Hall–Kier alpha value is -4.66. The number of hydrogen-bond acceptors (Lipinski definition) is 5. The van der Waals surface area contributed by atoms with Crippen molar-refractivity contribution in [3.05, 3.63) is 83.2 Å². The quantitative estimate of drug-likeness (QED) is 0.167. The molecule has 9 heteroatoms. The summed E-state index contributed by atoms with van der Waals surface area (Å²) in [5, 5.41) is 8.72. The maximum atomic E-state index is 10.6. The van der Waals surface area contributed by atoms with Gasteiger partial charge < -0.3 is 24.8 Å². The Labute approximate surface area is 234 Å². The summed E-state index contributed by atoms with van der Waals surface area (Å²) >= 11 is 0. The molecule has 6 rings (SSSR count). The molecular formula is C31H38N6O3. The predicted molar refractivity (Wildman–Crippen MR) is 161 cm³/mol. The van der Waals surface area contributed by atoms with Gasteiger partial charge in [0.1, 0.15) is 23.2 Å². The molecule has 4 N–H and O–H groups in total. The van der Waals surface area contributed by atoms with Crippen LogP contribution < -0.4 is 4.74 Å². The molecule has 0 unspecified atom stereocenters. The maximum absolute atomic E-state index is 10.6. The third-order valence-corrected chi connectivity index (χ3v) is 5.94. The van der Waals surface area contributed by atoms with Gasteiger partial charge in [0.25, 0.3) is 0 Å². The van der Waals surface area contributed by atoms with E-state index in [1.165, 1.54) is 5.56 Å². The summed E-state index contributed by atoms with van der Waals surface area (Å²) in [4.78, 5) is 32.8. The fourth-order valence-corrected chi connectivity index (χ4v) is 4.06. The van der Waals surface area contributed by atoms with Crippen molar-refractivity contribution >= 4 is 39.1 Å². The molecule has 0 fully saturated rings. The van der Waals surface area contributed by atoms with Crippen molar-refractivity contribution < 1.29 is 14.6 Å². The molecule has 0 spiro atoms. The highest BCUT2D eigenvalue weighted by atomic mass is 16.5. The first-order valence-electron chi connectivity index (χ1n) is 12.9. The van der Waals surface area contributed by atoms with Gasteiger partial charge in [-0.15, -0.1) is 0 Å². The van der Waals surface area contributed by atoms with Crippen molar-refractivity contribution in [1.82, 2.24) is 29.9 Å². The highest BCUT2D eigenvalue weighted by Gasteiger charge is 2.05. The number of rotatable bonds is 5. The molecule has 6 aromatic rings. The molecule has 0 aliphatic rings. The van der Waals surface area contributed by atoms with Crippen molar-refractivity contribution in [1.29, 1.82) is 0 Å². The van der Waals surface area contributed by atoms with Gasteiger partial charge in [-0.25, -0.2) is 19.7 Å². The smallest absolute Gasteiger partial charge is 0.335 e. The molecule has 3 heterocycles. The van der Waals surface area contributed by atoms with Crippen LogP contribution in [-0.4, -0.2) is 47.6 Å². The average molecular weight is 543 g/mol. The lowest BCUT2D eigenvalue weighted by molar-refractivity contribution is 0.0697. The summed E-state index contributed by atoms with van der Waals surface area (Å²) in [5.74, 6) is 2.70. The van der Waals surface area contributed by atoms with Crippen molar-refractivity contribution in [3.63, 3.8) is 0 Å². The molecule has 0 saturated heterocycles. The molecule has 0 bridgehead atoms. The molecule has 0 aliphatic heterocycles. The SMILES string of the molecule is C.CCCCOc1ccc2nc(C)[nH]c2c1.Cc1ccc2nc(C)[nH]c2c1.Cc1nc2ccc(C(=O)O)cc2[nH]1. The molecule has 210 valence electrons. The van der Waals surface area contributed by atoms with Crippen LogP contribution in [0.25, 0.3) is 33.1 Å². The summed E-state index contributed by atoms with van der Waals surface area (Å²) in [5.41, 5.74) is 7.31. The van der Waals surface area contributed by atoms with E-state index < -0.39 is 5.97 Å². The van der Waals surface area contributed by atoms with Crippen molar-refractivity contribution in [3.8, 4) is 5.75 Å². The molecule has 0 atom stereocenters. The lowest BCUT2D eigenvalue weighted by atomic mass is 10.2. The van der Waals surface area contributed by atoms with Crippen LogP contribution in [-0.2, 0) is 0 Å². The normalized spacial score (nSPS) is 10.4. The van der Waals surface area contributed by atoms with Crippen molar-refractivity contribution in [2.24, 2.45) is 0 Å². The summed E-state index contributed by atoms with van der Waals surface area (Å²) < 4.78 is 5.62. The van der Waals surface area contributed by atoms with E-state index in [1.54, 1.807) is 18.2 Å². The molecule has 3 aromatic carbocycles. The van der Waals surface area contributed by atoms with Gasteiger partial charge in [-0.3, -0.25) is 0 Å². The van der Waals surface area contributed by atoms with Gasteiger partial charge in [-0.05, 0) is 82.1 Å². The zero-order valence-electron chi connectivity index (χ0n) is 22.9. The number of H-pyrrole nitrogens is 3. The molecular weight excluding hydrogens is 504 g/mol. The number of nitrogens with zero attached hydrogens (tertiary/aromatic N) is 3. The van der Waals surface area contributed by atoms with Gasteiger partial charge in [-0.2, -0.15) is 0 Å². The predicted octanol–water partition coefficient (Wildman–Crippen LogP) is 7.44. The van der Waals surface area contributed by atoms with E-state index in [0.717, 1.165) is 75.8 Å². The number of carbonyl (C=O) groups is 1. The van der Waals surface area contributed by atoms with E-state index in [4.69, 9.17) is 9.84 Å². The van der Waals surface area contributed by atoms with Crippen LogP contribution >= 0.6 is 0 Å². The molecule has 0 amide bonds. The molecule has 3 aromatic heterocycles. The number of aromatic nitrogens is 6. The Morgan fingerprint density at radius 3 is 1.80 bits per heavy atom. The number of nitrogens with one attached hydrogen (secondary N) is 3. The van der Waals surface area contributed by atoms with Gasteiger partial charge >= 0.3 is 5.97 Å². The molecule has 9 nitrogen and oxygen atoms in total. The van der Waals surface area contributed by atoms with Crippen LogP contribution in [0.4, 0.5) is 0 Å². The van der Waals surface area contributed by atoms with Crippen molar-refractivity contribution in [2.45, 2.75) is 54.9 Å². The largest absolute Gasteiger partial charge is 0.494 e. The van der Waals surface area contributed by atoms with Crippen molar-refractivity contribution in [2.75, 3.05) is 6.61 Å². The summed E-state index contributed by atoms with van der Waals surface area (Å²) in [6.45, 7) is 10.8. The number of carboxylic acids is 1. The van der Waals surface area contributed by atoms with E-state index >= 15 is 0 Å². The fourth-order valence-electron chi connectivity index (χ4n) is 4.06. The Morgan fingerprint density at radius 1 is 0.750 bits per heavy atom. The lowest BCUT2D eigenvalue weighted by Gasteiger charge is -2.04. The number of unbranched alkanes of at least 4 members (excludes halogenated alkanes) is 1. The zero-order chi connectivity index (χ0) is 27.9. The highest BCUT2D eigenvalue weighted by Crippen LogP contribution is 2.19. The van der Waals surface area contributed by atoms with Crippen LogP contribution in [0.1, 0.15) is 60.6 Å². The van der Waals surface area contributed by atoms with Crippen LogP contribution in [0.15, 0.2) is 54.6 Å². The molecule has 0 aliphatic carbocycles. The maximum Gasteiger partial charge on any atom is 0.335 e. The highest BCUT2D eigenvalue weighted by molar-refractivity contribution is 5.92. The topological polar surface area (TPSA) is 133 Å². The van der Waals surface area contributed by atoms with Gasteiger partial charge in [-0.1, -0.05) is 26.8 Å². The van der Waals surface area contributed by atoms with Gasteiger partial charge in [0.2, 0.25) is 0 Å². The third-order valence-electron chi connectivity index (χ3n) is 5.94. The monoisotopic (exact) mass is 542 g/mol. The Bertz CT molecular complexity index is 1710. The average Bonchev–Trinajstić information content (AvgIpc) is 3.57. The second-order valence-corrected chi connectivity index (χ2v) is 9.41. The number of ether oxygens (including phenoxy) is 1. The first-order chi connectivity index (χ1) is 18.7. The second kappa shape index (κ2) is 13.4. The lowest BCUT2D eigenvalue weighted by Crippen LogP contribution is -1.95. The van der Waals surface area contributed by atoms with Crippen LogP contribution in [0.5, 0.6) is 5.75 Å². The number of aromatic amines is 3. The standard InChI is InChI=1S/C12H16N2O.C9H8N2O2.C9H10N2.CH4/c1-3-4-7-15-10-5-6-11-12(8-10)14-9(2)13-11;1-5-10-7-3-2-6(9(12)13)4-8(7)11-5;1-6-3-4-8-9(5-6)11-7(2)10-8;/h5-6,8H,3-4,7H2,1-2H3,(H,13,14);2-4H,1H3,(H,10,11)(H,12,13);3-5H,1-2H3,(H,10,11);1H4. The number of fused-ring (bicyclic) bond motifs is 3. The zero-order valence-corrected chi connectivity index (χ0v) is 22.9. The minimum absolute atomic E-state index is 0. The van der Waals surface area contributed by atoms with E-state index in [-0.39, 0.29) is 13.0 Å². The van der Waals surface area contributed by atoms with Gasteiger partial charge in [0.05, 0.1) is 45.3 Å². The number of imidazole rings is 3. The van der Waals surface area contributed by atoms with Gasteiger partial charge in [0, 0.05) is 6.07 Å². The third kappa shape index (κ3) is 7.69. The number of aryl methyl sites for hydroxylation is 4. The van der Waals surface area contributed by atoms with E-state index in [9.17, 15) is 4.79 Å². The minimum Gasteiger partial charge on any atom is -0.494 e. The molecule has 40 heavy (non-hydrogen) atoms. The number of hydrogen-bond donors (Lipinski definition) is 4. The number of carboxylic acid groups (broad SMARTS) is 1. The number of aromatic carboxylic acids is 1. The molecule has 0 saturated carbocycles. The van der Waals surface area contributed by atoms with E-state index in [2.05, 4.69) is 55.9 Å². The first kappa shape index (κ1) is 29.9. The number of benzene rings is 3. The summed E-state index contributed by atoms with van der Waals surface area (Å²) in [7, 11) is 0. The van der Waals surface area contributed by atoms with Crippen LogP contribution in [0, 0.1) is 27.7 Å². The molecule has 0 radical (unpaired) electrons. The van der Waals surface area contributed by atoms with E-state index in [0.29, 0.717) is 0 Å². The first-order valence-corrected chi connectivity index (χ1v) is 12.9. The van der Waals surface area contributed by atoms with Gasteiger partial charge in [0.15, 0.2) is 0 Å². The fraction of sp³-hybridized carbons (Fsp3) is 0.290. The summed E-state index contributed by atoms with van der Waals surface area (Å²) in [6.07, 6.45) is 2.26. The summed E-state index contributed by atoms with van der Waals surface area (Å²) in [6, 6.07) is 17.0. The minimum atomic E-state index is -0.922. The van der Waals surface area contributed by atoms with Crippen LogP contribution in [0.2, 0.25) is 0 Å². The Balaban J connectivity index is 0.000000165. The van der Waals surface area contributed by atoms with E-state index in [1.807, 2.05) is 45.0 Å².